The number of carbonyl (C=O) groups is 1. The number of ether oxygens (including phenoxy) is 1. The van der Waals surface area contributed by atoms with Gasteiger partial charge in [-0.15, -0.1) is 0 Å². The average molecular weight is 233 g/mol. The molecule has 0 atom stereocenters. The highest BCUT2D eigenvalue weighted by Gasteiger charge is 2.15. The Bertz CT molecular complexity index is 533. The van der Waals surface area contributed by atoms with Gasteiger partial charge in [0.05, 0.1) is 11.8 Å². The summed E-state index contributed by atoms with van der Waals surface area (Å²) >= 11 is 0. The van der Waals surface area contributed by atoms with Crippen molar-refractivity contribution < 1.29 is 19.2 Å². The Morgan fingerprint density at radius 2 is 2.35 bits per heavy atom. The summed E-state index contributed by atoms with van der Waals surface area (Å²) in [6.45, 7) is 2.07. The summed E-state index contributed by atoms with van der Waals surface area (Å²) in [5.74, 6) is -0.648. The Kier molecular flexibility index (Phi) is 3.09. The fourth-order valence-corrected chi connectivity index (χ4v) is 1.41. The third-order valence-electron chi connectivity index (χ3n) is 2.22. The third-order valence-corrected chi connectivity index (χ3v) is 2.22. The number of hydrogen-bond acceptors (Lipinski definition) is 4. The van der Waals surface area contributed by atoms with Crippen molar-refractivity contribution in [2.24, 2.45) is 0 Å². The molecule has 0 saturated heterocycles. The second kappa shape index (κ2) is 4.69. The zero-order chi connectivity index (χ0) is 12.3. The minimum atomic E-state index is -1.15. The second-order valence-corrected chi connectivity index (χ2v) is 3.59. The molecule has 0 amide bonds. The normalized spacial score (nSPS) is 10.2. The summed E-state index contributed by atoms with van der Waals surface area (Å²) < 4.78 is 10.1. The van der Waals surface area contributed by atoms with Crippen LogP contribution in [0.1, 0.15) is 21.7 Å². The van der Waals surface area contributed by atoms with Crippen LogP contribution in [0.15, 0.2) is 35.0 Å². The van der Waals surface area contributed by atoms with E-state index in [4.69, 9.17) is 9.84 Å². The van der Waals surface area contributed by atoms with E-state index in [1.807, 2.05) is 25.1 Å². The SMILES string of the molecule is Cc1cccc(OCc2cnoc2C(=O)O)c1. The molecular weight excluding hydrogens is 222 g/mol. The monoisotopic (exact) mass is 233 g/mol. The van der Waals surface area contributed by atoms with E-state index < -0.39 is 5.97 Å². The van der Waals surface area contributed by atoms with Crippen molar-refractivity contribution in [2.45, 2.75) is 13.5 Å². The van der Waals surface area contributed by atoms with Gasteiger partial charge in [0.25, 0.3) is 5.76 Å². The maximum atomic E-state index is 10.8. The number of carboxylic acids is 1. The van der Waals surface area contributed by atoms with Gasteiger partial charge < -0.3 is 14.4 Å². The van der Waals surface area contributed by atoms with Crippen molar-refractivity contribution in [3.8, 4) is 5.75 Å². The number of aromatic nitrogens is 1. The van der Waals surface area contributed by atoms with Crippen LogP contribution >= 0.6 is 0 Å². The standard InChI is InChI=1S/C12H11NO4/c1-8-3-2-4-10(5-8)16-7-9-6-13-17-11(9)12(14)15/h2-6H,7H2,1H3,(H,14,15). The van der Waals surface area contributed by atoms with E-state index in [0.717, 1.165) is 5.56 Å². The van der Waals surface area contributed by atoms with Gasteiger partial charge in [0.15, 0.2) is 0 Å². The van der Waals surface area contributed by atoms with Gasteiger partial charge in [0, 0.05) is 0 Å². The van der Waals surface area contributed by atoms with Gasteiger partial charge in [-0.05, 0) is 24.6 Å². The van der Waals surface area contributed by atoms with Gasteiger partial charge in [-0.3, -0.25) is 0 Å². The average Bonchev–Trinajstić information content (AvgIpc) is 2.74. The smallest absolute Gasteiger partial charge is 0.375 e. The van der Waals surface area contributed by atoms with Gasteiger partial charge in [-0.25, -0.2) is 4.79 Å². The molecule has 0 spiro atoms. The predicted octanol–water partition coefficient (Wildman–Crippen LogP) is 2.26. The summed E-state index contributed by atoms with van der Waals surface area (Å²) in [7, 11) is 0. The van der Waals surface area contributed by atoms with E-state index in [-0.39, 0.29) is 12.4 Å². The maximum Gasteiger partial charge on any atom is 0.375 e. The minimum absolute atomic E-state index is 0.120. The zero-order valence-electron chi connectivity index (χ0n) is 9.21. The first kappa shape index (κ1) is 11.2. The minimum Gasteiger partial charge on any atom is -0.489 e. The quantitative estimate of drug-likeness (QED) is 0.876. The number of rotatable bonds is 4. The first-order valence-electron chi connectivity index (χ1n) is 5.03. The number of benzene rings is 1. The molecule has 1 aromatic heterocycles. The Morgan fingerprint density at radius 1 is 1.53 bits per heavy atom. The Hall–Kier alpha value is -2.30. The predicted molar refractivity (Wildman–Crippen MR) is 59.0 cm³/mol. The van der Waals surface area contributed by atoms with Crippen molar-refractivity contribution in [2.75, 3.05) is 0 Å². The number of aryl methyl sites for hydroxylation is 1. The molecule has 0 unspecified atom stereocenters. The lowest BCUT2D eigenvalue weighted by Crippen LogP contribution is -2.02. The van der Waals surface area contributed by atoms with Crippen molar-refractivity contribution in [1.82, 2.24) is 5.16 Å². The van der Waals surface area contributed by atoms with Crippen LogP contribution in [0.3, 0.4) is 0 Å². The molecule has 1 N–H and O–H groups in total. The molecule has 0 aliphatic carbocycles. The summed E-state index contributed by atoms with van der Waals surface area (Å²) in [6.07, 6.45) is 1.35. The number of hydrogen-bond donors (Lipinski definition) is 1. The van der Waals surface area contributed by atoms with E-state index in [9.17, 15) is 4.79 Å². The molecule has 0 bridgehead atoms. The molecule has 2 rings (SSSR count). The van der Waals surface area contributed by atoms with Crippen molar-refractivity contribution >= 4 is 5.97 Å². The molecule has 0 saturated carbocycles. The van der Waals surface area contributed by atoms with Crippen LogP contribution in [0, 0.1) is 6.92 Å². The van der Waals surface area contributed by atoms with E-state index >= 15 is 0 Å². The fourth-order valence-electron chi connectivity index (χ4n) is 1.41. The van der Waals surface area contributed by atoms with Crippen LogP contribution in [-0.4, -0.2) is 16.2 Å². The molecule has 1 heterocycles. The summed E-state index contributed by atoms with van der Waals surface area (Å²) in [5.41, 5.74) is 1.49. The molecular formula is C12H11NO4. The van der Waals surface area contributed by atoms with Crippen LogP contribution < -0.4 is 4.74 Å². The lowest BCUT2D eigenvalue weighted by molar-refractivity contribution is 0.0648. The van der Waals surface area contributed by atoms with Gasteiger partial charge in [-0.2, -0.15) is 0 Å². The van der Waals surface area contributed by atoms with E-state index in [0.29, 0.717) is 11.3 Å². The van der Waals surface area contributed by atoms with Crippen LogP contribution in [-0.2, 0) is 6.61 Å². The van der Waals surface area contributed by atoms with Crippen LogP contribution in [0.25, 0.3) is 0 Å². The molecule has 0 radical (unpaired) electrons. The van der Waals surface area contributed by atoms with Gasteiger partial charge in [0.1, 0.15) is 12.4 Å². The first-order valence-corrected chi connectivity index (χ1v) is 5.03. The summed E-state index contributed by atoms with van der Waals surface area (Å²) in [6, 6.07) is 7.50. The van der Waals surface area contributed by atoms with Crippen LogP contribution in [0.2, 0.25) is 0 Å². The lowest BCUT2D eigenvalue weighted by Gasteiger charge is -2.05. The Balaban J connectivity index is 2.07. The fraction of sp³-hybridized carbons (Fsp3) is 0.167. The molecule has 0 aliphatic heterocycles. The highest BCUT2D eigenvalue weighted by molar-refractivity contribution is 5.85. The number of nitrogens with zero attached hydrogens (tertiary/aromatic N) is 1. The zero-order valence-corrected chi connectivity index (χ0v) is 9.21. The largest absolute Gasteiger partial charge is 0.489 e. The molecule has 17 heavy (non-hydrogen) atoms. The molecule has 5 nitrogen and oxygen atoms in total. The third kappa shape index (κ3) is 2.63. The first-order chi connectivity index (χ1) is 8.16. The van der Waals surface area contributed by atoms with Crippen molar-refractivity contribution in [1.29, 1.82) is 0 Å². The van der Waals surface area contributed by atoms with E-state index in [1.165, 1.54) is 6.20 Å². The van der Waals surface area contributed by atoms with Gasteiger partial charge in [0.2, 0.25) is 0 Å². The molecule has 0 aliphatic rings. The topological polar surface area (TPSA) is 72.6 Å². The molecule has 5 heteroatoms. The second-order valence-electron chi connectivity index (χ2n) is 3.59. The van der Waals surface area contributed by atoms with Gasteiger partial charge >= 0.3 is 5.97 Å². The van der Waals surface area contributed by atoms with E-state index in [2.05, 4.69) is 9.68 Å². The highest BCUT2D eigenvalue weighted by atomic mass is 16.5. The van der Waals surface area contributed by atoms with Crippen LogP contribution in [0.4, 0.5) is 0 Å². The van der Waals surface area contributed by atoms with Crippen LogP contribution in [0.5, 0.6) is 5.75 Å². The number of aromatic carboxylic acids is 1. The Labute approximate surface area is 97.6 Å². The van der Waals surface area contributed by atoms with Crippen molar-refractivity contribution in [3.63, 3.8) is 0 Å². The highest BCUT2D eigenvalue weighted by Crippen LogP contribution is 2.16. The molecule has 0 fully saturated rings. The molecule has 88 valence electrons. The molecule has 1 aromatic carbocycles. The molecule has 2 aromatic rings. The summed E-state index contributed by atoms with van der Waals surface area (Å²) in [4.78, 5) is 10.8. The van der Waals surface area contributed by atoms with Gasteiger partial charge in [-0.1, -0.05) is 17.3 Å². The lowest BCUT2D eigenvalue weighted by atomic mass is 10.2. The van der Waals surface area contributed by atoms with Crippen molar-refractivity contribution in [3.05, 3.63) is 47.3 Å². The Morgan fingerprint density at radius 3 is 3.06 bits per heavy atom. The maximum absolute atomic E-state index is 10.8. The summed E-state index contributed by atoms with van der Waals surface area (Å²) in [5, 5.41) is 12.2. The number of carboxylic acid groups (broad SMARTS) is 1. The van der Waals surface area contributed by atoms with E-state index in [1.54, 1.807) is 6.07 Å².